The average molecular weight is 266 g/mol. The van der Waals surface area contributed by atoms with Crippen LogP contribution >= 0.6 is 11.8 Å². The van der Waals surface area contributed by atoms with E-state index in [0.717, 1.165) is 0 Å². The Kier molecular flexibility index (Phi) is 3.25. The van der Waals surface area contributed by atoms with Gasteiger partial charge in [0.15, 0.2) is 10.8 Å². The zero-order valence-electron chi connectivity index (χ0n) is 10.4. The molecule has 0 fully saturated rings. The van der Waals surface area contributed by atoms with Gasteiger partial charge in [-0.1, -0.05) is 32.5 Å². The van der Waals surface area contributed by atoms with Gasteiger partial charge in [0, 0.05) is 5.41 Å². The van der Waals surface area contributed by atoms with Crippen LogP contribution in [0.3, 0.4) is 0 Å². The summed E-state index contributed by atoms with van der Waals surface area (Å²) in [6, 6.07) is 0. The standard InChI is InChI=1S/C11H14N4O2S/c1-11(2,3)7(16)5-18-10-13-8-6(4-12-15-8)9(17)14-10/h4H,5H2,1-3H3,(H2,12,13,14,15,17). The smallest absolute Gasteiger partial charge is 0.262 e. The van der Waals surface area contributed by atoms with Crippen molar-refractivity contribution in [3.8, 4) is 0 Å². The molecule has 2 N–H and O–H groups in total. The normalized spacial score (nSPS) is 11.9. The number of carbonyl (C=O) groups excluding carboxylic acids is 1. The summed E-state index contributed by atoms with van der Waals surface area (Å²) in [7, 11) is 0. The van der Waals surface area contributed by atoms with E-state index in [1.54, 1.807) is 0 Å². The van der Waals surface area contributed by atoms with Crippen molar-refractivity contribution in [1.29, 1.82) is 0 Å². The number of fused-ring (bicyclic) bond motifs is 1. The van der Waals surface area contributed by atoms with Crippen LogP contribution in [0.1, 0.15) is 20.8 Å². The summed E-state index contributed by atoms with van der Waals surface area (Å²) >= 11 is 1.22. The lowest BCUT2D eigenvalue weighted by Crippen LogP contribution is -2.22. The highest BCUT2D eigenvalue weighted by Crippen LogP contribution is 2.20. The summed E-state index contributed by atoms with van der Waals surface area (Å²) in [6.07, 6.45) is 1.43. The largest absolute Gasteiger partial charge is 0.301 e. The monoisotopic (exact) mass is 266 g/mol. The van der Waals surface area contributed by atoms with Crippen LogP contribution in [0.15, 0.2) is 16.1 Å². The van der Waals surface area contributed by atoms with Gasteiger partial charge >= 0.3 is 0 Å². The molecule has 0 aromatic carbocycles. The van der Waals surface area contributed by atoms with Gasteiger partial charge in [-0.3, -0.25) is 14.7 Å². The molecule has 2 aromatic rings. The minimum Gasteiger partial charge on any atom is -0.301 e. The predicted octanol–water partition coefficient (Wildman–Crippen LogP) is 1.35. The van der Waals surface area contributed by atoms with E-state index in [0.29, 0.717) is 16.2 Å². The Labute approximate surface area is 108 Å². The van der Waals surface area contributed by atoms with Crippen molar-refractivity contribution < 1.29 is 4.79 Å². The summed E-state index contributed by atoms with van der Waals surface area (Å²) in [5.41, 5.74) is -0.199. The van der Waals surface area contributed by atoms with Crippen LogP contribution in [-0.2, 0) is 4.79 Å². The van der Waals surface area contributed by atoms with Crippen LogP contribution in [-0.4, -0.2) is 31.7 Å². The Morgan fingerprint density at radius 3 is 2.83 bits per heavy atom. The quantitative estimate of drug-likeness (QED) is 0.646. The molecule has 0 aliphatic heterocycles. The number of thioether (sulfide) groups is 1. The number of carbonyl (C=O) groups is 1. The lowest BCUT2D eigenvalue weighted by atomic mass is 9.92. The lowest BCUT2D eigenvalue weighted by molar-refractivity contribution is -0.123. The first-order chi connectivity index (χ1) is 8.38. The van der Waals surface area contributed by atoms with Crippen LogP contribution in [0.25, 0.3) is 11.0 Å². The number of aromatic nitrogens is 4. The number of nitrogens with one attached hydrogen (secondary N) is 2. The molecule has 0 bridgehead atoms. The van der Waals surface area contributed by atoms with Gasteiger partial charge in [0.1, 0.15) is 11.2 Å². The first kappa shape index (κ1) is 12.8. The number of rotatable bonds is 3. The van der Waals surface area contributed by atoms with Gasteiger partial charge in [-0.25, -0.2) is 4.98 Å². The molecule has 0 saturated heterocycles. The first-order valence-electron chi connectivity index (χ1n) is 5.47. The van der Waals surface area contributed by atoms with E-state index in [4.69, 9.17) is 0 Å². The summed E-state index contributed by atoms with van der Waals surface area (Å²) in [4.78, 5) is 30.2. The number of hydrogen-bond acceptors (Lipinski definition) is 5. The van der Waals surface area contributed by atoms with Gasteiger partial charge in [-0.05, 0) is 0 Å². The summed E-state index contributed by atoms with van der Waals surface area (Å²) in [6.45, 7) is 5.60. The Bertz CT molecular complexity index is 638. The minimum absolute atomic E-state index is 0.111. The van der Waals surface area contributed by atoms with Crippen molar-refractivity contribution in [2.45, 2.75) is 25.9 Å². The molecule has 18 heavy (non-hydrogen) atoms. The van der Waals surface area contributed by atoms with E-state index in [1.165, 1.54) is 18.0 Å². The van der Waals surface area contributed by atoms with E-state index >= 15 is 0 Å². The van der Waals surface area contributed by atoms with Gasteiger partial charge in [-0.2, -0.15) is 5.10 Å². The van der Waals surface area contributed by atoms with Crippen LogP contribution in [0.2, 0.25) is 0 Å². The number of aromatic amines is 2. The maximum atomic E-state index is 11.8. The van der Waals surface area contributed by atoms with Crippen molar-refractivity contribution in [3.05, 3.63) is 16.6 Å². The minimum atomic E-state index is -0.384. The van der Waals surface area contributed by atoms with E-state index < -0.39 is 0 Å². The van der Waals surface area contributed by atoms with Crippen molar-refractivity contribution in [2.24, 2.45) is 5.41 Å². The lowest BCUT2D eigenvalue weighted by Gasteiger charge is -2.15. The van der Waals surface area contributed by atoms with Gasteiger partial charge in [-0.15, -0.1) is 0 Å². The maximum Gasteiger partial charge on any atom is 0.262 e. The zero-order valence-corrected chi connectivity index (χ0v) is 11.2. The zero-order chi connectivity index (χ0) is 13.3. The number of hydrogen-bond donors (Lipinski definition) is 2. The van der Waals surface area contributed by atoms with Crippen LogP contribution in [0.5, 0.6) is 0 Å². The third-order valence-corrected chi connectivity index (χ3v) is 3.35. The van der Waals surface area contributed by atoms with Crippen molar-refractivity contribution in [2.75, 3.05) is 5.75 Å². The van der Waals surface area contributed by atoms with E-state index in [2.05, 4.69) is 20.2 Å². The molecular weight excluding hydrogens is 252 g/mol. The third-order valence-electron chi connectivity index (χ3n) is 2.47. The van der Waals surface area contributed by atoms with Gasteiger partial charge in [0.25, 0.3) is 5.56 Å². The first-order valence-corrected chi connectivity index (χ1v) is 6.46. The highest BCUT2D eigenvalue weighted by Gasteiger charge is 2.21. The molecule has 7 heteroatoms. The molecule has 2 rings (SSSR count). The fourth-order valence-corrected chi connectivity index (χ4v) is 2.26. The van der Waals surface area contributed by atoms with E-state index in [9.17, 15) is 9.59 Å². The van der Waals surface area contributed by atoms with Crippen molar-refractivity contribution in [3.63, 3.8) is 0 Å². The van der Waals surface area contributed by atoms with Gasteiger partial charge < -0.3 is 4.98 Å². The molecule has 6 nitrogen and oxygen atoms in total. The second-order valence-electron chi connectivity index (χ2n) is 4.97. The van der Waals surface area contributed by atoms with Crippen molar-refractivity contribution in [1.82, 2.24) is 20.2 Å². The SMILES string of the molecule is CC(C)(C)C(=O)CSc1nc2[nH]ncc2c(=O)[nH]1. The Morgan fingerprint density at radius 2 is 2.17 bits per heavy atom. The maximum absolute atomic E-state index is 11.8. The highest BCUT2D eigenvalue weighted by molar-refractivity contribution is 7.99. The molecule has 0 aliphatic carbocycles. The molecule has 96 valence electrons. The molecule has 0 radical (unpaired) electrons. The number of H-pyrrole nitrogens is 2. The molecule has 2 aromatic heterocycles. The fraction of sp³-hybridized carbons (Fsp3) is 0.455. The Hall–Kier alpha value is -1.63. The summed E-state index contributed by atoms with van der Waals surface area (Å²) in [5.74, 6) is 0.395. The molecule has 0 atom stereocenters. The fourth-order valence-electron chi connectivity index (χ4n) is 1.24. The number of Topliss-reactive ketones (excluding diaryl/α,β-unsaturated/α-hetero) is 1. The van der Waals surface area contributed by atoms with Gasteiger partial charge in [0.05, 0.1) is 11.9 Å². The average Bonchev–Trinajstić information content (AvgIpc) is 2.73. The predicted molar refractivity (Wildman–Crippen MR) is 69.7 cm³/mol. The van der Waals surface area contributed by atoms with Crippen LogP contribution in [0.4, 0.5) is 0 Å². The second-order valence-corrected chi connectivity index (χ2v) is 5.93. The molecule has 0 amide bonds. The van der Waals surface area contributed by atoms with E-state index in [1.807, 2.05) is 20.8 Å². The summed E-state index contributed by atoms with van der Waals surface area (Å²) < 4.78 is 0. The Morgan fingerprint density at radius 1 is 1.44 bits per heavy atom. The molecule has 0 aliphatic rings. The third kappa shape index (κ3) is 2.61. The molecule has 0 saturated carbocycles. The van der Waals surface area contributed by atoms with Gasteiger partial charge in [0.2, 0.25) is 0 Å². The molecule has 0 spiro atoms. The van der Waals surface area contributed by atoms with Crippen molar-refractivity contribution >= 4 is 28.6 Å². The molecule has 0 unspecified atom stereocenters. The number of ketones is 1. The second kappa shape index (κ2) is 4.56. The van der Waals surface area contributed by atoms with E-state index in [-0.39, 0.29) is 22.5 Å². The molecule has 2 heterocycles. The van der Waals surface area contributed by atoms with Crippen LogP contribution in [0, 0.1) is 5.41 Å². The number of nitrogens with zero attached hydrogens (tertiary/aromatic N) is 2. The summed E-state index contributed by atoms with van der Waals surface area (Å²) in [5, 5.41) is 7.24. The highest BCUT2D eigenvalue weighted by atomic mass is 32.2. The van der Waals surface area contributed by atoms with Crippen LogP contribution < -0.4 is 5.56 Å². The molecular formula is C11H14N4O2S. The Balaban J connectivity index is 2.18. The topological polar surface area (TPSA) is 91.5 Å².